The average Bonchev–Trinajstić information content (AvgIpc) is 3.08. The Hall–Kier alpha value is -3.65. The van der Waals surface area contributed by atoms with Crippen LogP contribution in [0.5, 0.6) is 5.75 Å². The van der Waals surface area contributed by atoms with Gasteiger partial charge in [-0.1, -0.05) is 24.3 Å². The predicted octanol–water partition coefficient (Wildman–Crippen LogP) is 3.25. The van der Waals surface area contributed by atoms with E-state index in [0.717, 1.165) is 6.54 Å². The molecule has 0 bridgehead atoms. The summed E-state index contributed by atoms with van der Waals surface area (Å²) >= 11 is 0. The van der Waals surface area contributed by atoms with Crippen molar-refractivity contribution in [2.75, 3.05) is 40.9 Å². The minimum absolute atomic E-state index is 0.00863. The zero-order valence-electron chi connectivity index (χ0n) is 19.9. The molecule has 2 aromatic rings. The number of hydrogen-bond donors (Lipinski definition) is 1. The molecule has 1 unspecified atom stereocenters. The van der Waals surface area contributed by atoms with Gasteiger partial charge in [0, 0.05) is 12.1 Å². The van der Waals surface area contributed by atoms with Crippen LogP contribution in [-0.4, -0.2) is 73.5 Å². The van der Waals surface area contributed by atoms with Gasteiger partial charge in [-0.3, -0.25) is 9.59 Å². The SMILES string of the molecule is CCOc1cccc(/C(O)=C2\C(=O)C(=O)N(CCCN(C)C)C2c2ccc(C(=O)OC)cc2)c1. The number of rotatable bonds is 9. The summed E-state index contributed by atoms with van der Waals surface area (Å²) in [5.74, 6) is -1.61. The molecule has 1 aliphatic heterocycles. The number of carbonyl (C=O) groups excluding carboxylic acids is 3. The molecule has 1 saturated heterocycles. The Kier molecular flexibility index (Phi) is 8.07. The third kappa shape index (κ3) is 5.28. The largest absolute Gasteiger partial charge is 0.507 e. The van der Waals surface area contributed by atoms with Gasteiger partial charge in [-0.25, -0.2) is 4.79 Å². The second-order valence-electron chi connectivity index (χ2n) is 8.22. The van der Waals surface area contributed by atoms with Crippen molar-refractivity contribution in [2.24, 2.45) is 0 Å². The van der Waals surface area contributed by atoms with Gasteiger partial charge < -0.3 is 24.4 Å². The Morgan fingerprint density at radius 1 is 1.09 bits per heavy atom. The lowest BCUT2D eigenvalue weighted by Crippen LogP contribution is -2.32. The predicted molar refractivity (Wildman–Crippen MR) is 128 cm³/mol. The van der Waals surface area contributed by atoms with Crippen LogP contribution in [0.2, 0.25) is 0 Å². The maximum Gasteiger partial charge on any atom is 0.337 e. The number of hydrogen-bond acceptors (Lipinski definition) is 7. The number of likely N-dealkylation sites (tertiary alicyclic amines) is 1. The maximum absolute atomic E-state index is 13.1. The molecule has 1 N–H and O–H groups in total. The molecular formula is C26H30N2O6. The molecule has 1 aliphatic rings. The van der Waals surface area contributed by atoms with E-state index in [0.29, 0.717) is 42.0 Å². The van der Waals surface area contributed by atoms with Gasteiger partial charge in [-0.15, -0.1) is 0 Å². The molecule has 2 aromatic carbocycles. The molecule has 1 heterocycles. The van der Waals surface area contributed by atoms with E-state index in [4.69, 9.17) is 9.47 Å². The number of carbonyl (C=O) groups is 3. The van der Waals surface area contributed by atoms with E-state index in [1.54, 1.807) is 48.5 Å². The number of Topliss-reactive ketones (excluding diaryl/α,β-unsaturated/α-hetero) is 1. The van der Waals surface area contributed by atoms with Gasteiger partial charge in [-0.2, -0.15) is 0 Å². The Balaban J connectivity index is 2.09. The minimum atomic E-state index is -0.787. The maximum atomic E-state index is 13.1. The summed E-state index contributed by atoms with van der Waals surface area (Å²) < 4.78 is 10.3. The third-order valence-corrected chi connectivity index (χ3v) is 5.61. The fourth-order valence-corrected chi connectivity index (χ4v) is 3.99. The molecule has 0 aromatic heterocycles. The summed E-state index contributed by atoms with van der Waals surface area (Å²) in [6.45, 7) is 3.37. The normalized spacial score (nSPS) is 17.3. The molecule has 0 spiro atoms. The molecule has 180 valence electrons. The first-order chi connectivity index (χ1) is 16.3. The molecule has 3 rings (SSSR count). The molecule has 0 saturated carbocycles. The lowest BCUT2D eigenvalue weighted by Gasteiger charge is -2.26. The van der Waals surface area contributed by atoms with Crippen molar-refractivity contribution in [1.29, 1.82) is 0 Å². The molecule has 8 nitrogen and oxygen atoms in total. The molecular weight excluding hydrogens is 436 g/mol. The van der Waals surface area contributed by atoms with E-state index < -0.39 is 23.7 Å². The topological polar surface area (TPSA) is 96.4 Å². The molecule has 34 heavy (non-hydrogen) atoms. The molecule has 0 aliphatic carbocycles. The zero-order chi connectivity index (χ0) is 24.8. The number of aliphatic hydroxyl groups is 1. The standard InChI is InChI=1S/C26H30N2O6/c1-5-34-20-9-6-8-19(16-20)23(29)21-22(17-10-12-18(13-11-17)26(32)33-4)28(25(31)24(21)30)15-7-14-27(2)3/h6,8-13,16,22,29H,5,7,14-15H2,1-4H3/b23-21+. The molecule has 0 radical (unpaired) electrons. The summed E-state index contributed by atoms with van der Waals surface area (Å²) in [7, 11) is 5.16. The first kappa shape index (κ1) is 25.0. The number of esters is 1. The van der Waals surface area contributed by atoms with Crippen LogP contribution < -0.4 is 4.74 Å². The monoisotopic (exact) mass is 466 g/mol. The molecule has 8 heteroatoms. The number of amides is 1. The highest BCUT2D eigenvalue weighted by molar-refractivity contribution is 6.46. The first-order valence-corrected chi connectivity index (χ1v) is 11.1. The van der Waals surface area contributed by atoms with Crippen molar-refractivity contribution >= 4 is 23.4 Å². The van der Waals surface area contributed by atoms with Gasteiger partial charge in [0.2, 0.25) is 0 Å². The van der Waals surface area contributed by atoms with Crippen LogP contribution in [0.25, 0.3) is 5.76 Å². The molecule has 1 amide bonds. The highest BCUT2D eigenvalue weighted by atomic mass is 16.5. The Labute approximate surface area is 199 Å². The Morgan fingerprint density at radius 3 is 2.41 bits per heavy atom. The summed E-state index contributed by atoms with van der Waals surface area (Å²) in [5.41, 5.74) is 1.35. The van der Waals surface area contributed by atoms with Gasteiger partial charge in [0.1, 0.15) is 11.5 Å². The van der Waals surface area contributed by atoms with Crippen LogP contribution in [0, 0.1) is 0 Å². The van der Waals surface area contributed by atoms with E-state index in [-0.39, 0.29) is 11.3 Å². The number of methoxy groups -OCH3 is 1. The van der Waals surface area contributed by atoms with Gasteiger partial charge in [0.05, 0.1) is 30.9 Å². The van der Waals surface area contributed by atoms with E-state index in [1.165, 1.54) is 12.0 Å². The fraction of sp³-hybridized carbons (Fsp3) is 0.346. The lowest BCUT2D eigenvalue weighted by atomic mass is 9.94. The van der Waals surface area contributed by atoms with Crippen LogP contribution >= 0.6 is 0 Å². The van der Waals surface area contributed by atoms with Crippen molar-refractivity contribution < 1.29 is 29.0 Å². The van der Waals surface area contributed by atoms with Crippen molar-refractivity contribution in [1.82, 2.24) is 9.80 Å². The van der Waals surface area contributed by atoms with Crippen LogP contribution in [0.15, 0.2) is 54.1 Å². The highest BCUT2D eigenvalue weighted by Crippen LogP contribution is 2.40. The second kappa shape index (κ2) is 11.0. The number of ketones is 1. The van der Waals surface area contributed by atoms with E-state index in [1.807, 2.05) is 25.9 Å². The second-order valence-corrected chi connectivity index (χ2v) is 8.22. The van der Waals surface area contributed by atoms with Gasteiger partial charge in [-0.05, 0) is 63.8 Å². The first-order valence-electron chi connectivity index (χ1n) is 11.1. The Bertz CT molecular complexity index is 1090. The molecule has 1 fully saturated rings. The molecule has 1 atom stereocenters. The summed E-state index contributed by atoms with van der Waals surface area (Å²) in [6.07, 6.45) is 0.649. The van der Waals surface area contributed by atoms with E-state index in [2.05, 4.69) is 0 Å². The third-order valence-electron chi connectivity index (χ3n) is 5.61. The zero-order valence-corrected chi connectivity index (χ0v) is 19.9. The van der Waals surface area contributed by atoms with E-state index in [9.17, 15) is 19.5 Å². The number of benzene rings is 2. The van der Waals surface area contributed by atoms with Crippen LogP contribution in [0.4, 0.5) is 0 Å². The van der Waals surface area contributed by atoms with Crippen molar-refractivity contribution in [3.63, 3.8) is 0 Å². The summed E-state index contributed by atoms with van der Waals surface area (Å²) in [4.78, 5) is 41.5. The van der Waals surface area contributed by atoms with Crippen molar-refractivity contribution in [2.45, 2.75) is 19.4 Å². The number of aliphatic hydroxyl groups excluding tert-OH is 1. The van der Waals surface area contributed by atoms with Crippen molar-refractivity contribution in [3.8, 4) is 5.75 Å². The van der Waals surface area contributed by atoms with Crippen molar-refractivity contribution in [3.05, 3.63) is 70.8 Å². The average molecular weight is 467 g/mol. The minimum Gasteiger partial charge on any atom is -0.507 e. The highest BCUT2D eigenvalue weighted by Gasteiger charge is 2.45. The van der Waals surface area contributed by atoms with Crippen LogP contribution in [0.1, 0.15) is 40.9 Å². The van der Waals surface area contributed by atoms with Crippen LogP contribution in [-0.2, 0) is 14.3 Å². The fourth-order valence-electron chi connectivity index (χ4n) is 3.99. The lowest BCUT2D eigenvalue weighted by molar-refractivity contribution is -0.139. The number of ether oxygens (including phenoxy) is 2. The summed E-state index contributed by atoms with van der Waals surface area (Å²) in [6, 6.07) is 12.5. The quantitative estimate of drug-likeness (QED) is 0.262. The summed E-state index contributed by atoms with van der Waals surface area (Å²) in [5, 5.41) is 11.2. The smallest absolute Gasteiger partial charge is 0.337 e. The van der Waals surface area contributed by atoms with E-state index >= 15 is 0 Å². The van der Waals surface area contributed by atoms with Gasteiger partial charge in [0.25, 0.3) is 11.7 Å². The van der Waals surface area contributed by atoms with Crippen LogP contribution in [0.3, 0.4) is 0 Å². The van der Waals surface area contributed by atoms with Gasteiger partial charge in [0.15, 0.2) is 0 Å². The Morgan fingerprint density at radius 2 is 1.79 bits per heavy atom. The number of nitrogens with zero attached hydrogens (tertiary/aromatic N) is 2. The van der Waals surface area contributed by atoms with Gasteiger partial charge >= 0.3 is 5.97 Å².